The molecule has 4 nitrogen and oxygen atoms in total. The Hall–Kier alpha value is -1.84. The Morgan fingerprint density at radius 3 is 1.40 bits per heavy atom. The van der Waals surface area contributed by atoms with E-state index >= 15 is 0 Å². The van der Waals surface area contributed by atoms with Crippen molar-refractivity contribution in [2.75, 3.05) is 0 Å². The van der Waals surface area contributed by atoms with Crippen LogP contribution in [0.3, 0.4) is 0 Å². The quantitative estimate of drug-likeness (QED) is 0.208. The highest BCUT2D eigenvalue weighted by Crippen LogP contribution is 2.38. The maximum atomic E-state index is 11.5. The molecular formula is C26H40O4. The molecule has 0 aliphatic heterocycles. The zero-order valence-corrected chi connectivity index (χ0v) is 18.5. The Morgan fingerprint density at radius 2 is 1.07 bits per heavy atom. The van der Waals surface area contributed by atoms with Gasteiger partial charge in [0.2, 0.25) is 0 Å². The van der Waals surface area contributed by atoms with Gasteiger partial charge in [-0.15, -0.1) is 0 Å². The summed E-state index contributed by atoms with van der Waals surface area (Å²) in [5, 5.41) is 18.9. The van der Waals surface area contributed by atoms with Crippen LogP contribution in [0, 0.1) is 10.8 Å². The highest BCUT2D eigenvalue weighted by atomic mass is 16.4. The van der Waals surface area contributed by atoms with E-state index in [1.54, 1.807) is 0 Å². The van der Waals surface area contributed by atoms with Crippen LogP contribution in [0.1, 0.15) is 103 Å². The molecule has 0 aromatic rings. The number of carbonyl (C=O) groups is 2. The van der Waals surface area contributed by atoms with E-state index in [0.29, 0.717) is 0 Å². The summed E-state index contributed by atoms with van der Waals surface area (Å²) in [5.41, 5.74) is -1.16. The Bertz CT molecular complexity index is 579. The van der Waals surface area contributed by atoms with Gasteiger partial charge in [0.05, 0.1) is 10.8 Å². The second-order valence-corrected chi connectivity index (χ2v) is 9.18. The molecule has 30 heavy (non-hydrogen) atoms. The molecule has 2 atom stereocenters. The molecular weight excluding hydrogens is 376 g/mol. The fourth-order valence-corrected chi connectivity index (χ4v) is 4.80. The van der Waals surface area contributed by atoms with Gasteiger partial charge in [0.25, 0.3) is 0 Å². The first-order valence-electron chi connectivity index (χ1n) is 12.0. The smallest absolute Gasteiger partial charge is 0.313 e. The van der Waals surface area contributed by atoms with Crippen LogP contribution in [0.2, 0.25) is 0 Å². The third kappa shape index (κ3) is 7.45. The number of rotatable bonds is 16. The molecule has 2 aliphatic rings. The number of hydrogen-bond donors (Lipinski definition) is 2. The number of hydrogen-bond acceptors (Lipinski definition) is 2. The van der Waals surface area contributed by atoms with E-state index in [4.69, 9.17) is 0 Å². The molecule has 168 valence electrons. The lowest BCUT2D eigenvalue weighted by Gasteiger charge is -2.21. The van der Waals surface area contributed by atoms with Crippen LogP contribution in [0.4, 0.5) is 0 Å². The van der Waals surface area contributed by atoms with E-state index in [1.807, 2.05) is 24.3 Å². The summed E-state index contributed by atoms with van der Waals surface area (Å²) in [4.78, 5) is 23.0. The van der Waals surface area contributed by atoms with Gasteiger partial charge >= 0.3 is 11.9 Å². The molecule has 0 fully saturated rings. The van der Waals surface area contributed by atoms with Gasteiger partial charge < -0.3 is 10.2 Å². The molecule has 0 aromatic carbocycles. The van der Waals surface area contributed by atoms with E-state index in [2.05, 4.69) is 12.2 Å². The lowest BCUT2D eigenvalue weighted by Crippen LogP contribution is -2.26. The van der Waals surface area contributed by atoms with E-state index in [-0.39, 0.29) is 0 Å². The molecule has 0 radical (unpaired) electrons. The van der Waals surface area contributed by atoms with Crippen LogP contribution in [-0.4, -0.2) is 22.2 Å². The largest absolute Gasteiger partial charge is 0.481 e. The van der Waals surface area contributed by atoms with Crippen molar-refractivity contribution >= 4 is 11.9 Å². The third-order valence-electron chi connectivity index (χ3n) is 6.89. The van der Waals surface area contributed by atoms with Crippen molar-refractivity contribution in [1.82, 2.24) is 0 Å². The summed E-state index contributed by atoms with van der Waals surface area (Å²) < 4.78 is 0. The molecule has 0 saturated carbocycles. The third-order valence-corrected chi connectivity index (χ3v) is 6.89. The van der Waals surface area contributed by atoms with Gasteiger partial charge in [-0.1, -0.05) is 75.0 Å². The second kappa shape index (κ2) is 12.8. The molecule has 0 saturated heterocycles. The van der Waals surface area contributed by atoms with Gasteiger partial charge in [-0.05, 0) is 64.2 Å². The summed E-state index contributed by atoms with van der Waals surface area (Å²) in [6.07, 6.45) is 28.4. The maximum absolute atomic E-state index is 11.5. The summed E-state index contributed by atoms with van der Waals surface area (Å²) >= 11 is 0. The average molecular weight is 417 g/mol. The maximum Gasteiger partial charge on any atom is 0.313 e. The fraction of sp³-hybridized carbons (Fsp3) is 0.692. The van der Waals surface area contributed by atoms with Gasteiger partial charge in [-0.2, -0.15) is 0 Å². The predicted octanol–water partition coefficient (Wildman–Crippen LogP) is 7.07. The van der Waals surface area contributed by atoms with Crippen LogP contribution < -0.4 is 0 Å². The zero-order valence-electron chi connectivity index (χ0n) is 18.5. The Kier molecular flexibility index (Phi) is 10.4. The highest BCUT2D eigenvalue weighted by Gasteiger charge is 2.37. The topological polar surface area (TPSA) is 74.6 Å². The molecule has 2 N–H and O–H groups in total. The minimum atomic E-state index is -0.657. The van der Waals surface area contributed by atoms with Crippen LogP contribution in [-0.2, 0) is 9.59 Å². The number of carboxylic acids is 2. The monoisotopic (exact) mass is 416 g/mol. The van der Waals surface area contributed by atoms with E-state index in [1.165, 1.54) is 25.7 Å². The molecule has 2 aliphatic carbocycles. The SMILES string of the molecule is O=C(O)C1(CCCCCC/C=C\CCCCCCC2(C(=O)O)C=CCC2)C=CCC1. The normalized spacial score (nSPS) is 25.5. The van der Waals surface area contributed by atoms with Crippen LogP contribution in [0.5, 0.6) is 0 Å². The minimum Gasteiger partial charge on any atom is -0.481 e. The average Bonchev–Trinajstić information content (AvgIpc) is 3.39. The van der Waals surface area contributed by atoms with Crippen molar-refractivity contribution in [2.45, 2.75) is 103 Å². The summed E-state index contributed by atoms with van der Waals surface area (Å²) in [6.45, 7) is 0. The fourth-order valence-electron chi connectivity index (χ4n) is 4.80. The first-order valence-corrected chi connectivity index (χ1v) is 12.0. The standard InChI is InChI=1S/C26H40O4/c27-23(28)25(19-13-14-20-25)17-11-9-7-5-3-1-2-4-6-8-10-12-18-26(24(29)30)21-15-16-22-26/h1-2,13,15,19,21H,3-12,14,16-18,20,22H2,(H,27,28)(H,29,30)/b2-1-. The zero-order chi connectivity index (χ0) is 21.7. The molecule has 0 spiro atoms. The minimum absolute atomic E-state index is 0.581. The summed E-state index contributed by atoms with van der Waals surface area (Å²) in [6, 6.07) is 0. The van der Waals surface area contributed by atoms with Crippen LogP contribution in [0.25, 0.3) is 0 Å². The van der Waals surface area contributed by atoms with Gasteiger partial charge in [0.1, 0.15) is 0 Å². The van der Waals surface area contributed by atoms with E-state index in [9.17, 15) is 19.8 Å². The van der Waals surface area contributed by atoms with Crippen LogP contribution >= 0.6 is 0 Å². The molecule has 0 bridgehead atoms. The second-order valence-electron chi connectivity index (χ2n) is 9.18. The molecule has 0 amide bonds. The van der Waals surface area contributed by atoms with Gasteiger partial charge in [-0.3, -0.25) is 9.59 Å². The van der Waals surface area contributed by atoms with Crippen molar-refractivity contribution < 1.29 is 19.8 Å². The Labute approximate surface area is 182 Å². The van der Waals surface area contributed by atoms with Crippen molar-refractivity contribution in [3.63, 3.8) is 0 Å². The first-order chi connectivity index (χ1) is 14.5. The van der Waals surface area contributed by atoms with Crippen molar-refractivity contribution in [2.24, 2.45) is 10.8 Å². The first kappa shape index (κ1) is 24.4. The lowest BCUT2D eigenvalue weighted by atomic mass is 9.82. The Balaban J connectivity index is 1.41. The number of aliphatic carboxylic acids is 2. The van der Waals surface area contributed by atoms with Crippen LogP contribution in [0.15, 0.2) is 36.5 Å². The van der Waals surface area contributed by atoms with Crippen molar-refractivity contribution in [3.05, 3.63) is 36.5 Å². The van der Waals surface area contributed by atoms with Crippen molar-refractivity contribution in [3.8, 4) is 0 Å². The van der Waals surface area contributed by atoms with Crippen molar-refractivity contribution in [1.29, 1.82) is 0 Å². The molecule has 0 heterocycles. The predicted molar refractivity (Wildman–Crippen MR) is 121 cm³/mol. The van der Waals surface area contributed by atoms with Gasteiger partial charge in [-0.25, -0.2) is 0 Å². The lowest BCUT2D eigenvalue weighted by molar-refractivity contribution is -0.147. The van der Waals surface area contributed by atoms with E-state index < -0.39 is 22.8 Å². The Morgan fingerprint density at radius 1 is 0.667 bits per heavy atom. The molecule has 0 aromatic heterocycles. The van der Waals surface area contributed by atoms with E-state index in [0.717, 1.165) is 77.0 Å². The van der Waals surface area contributed by atoms with Gasteiger partial charge in [0, 0.05) is 0 Å². The molecule has 4 heteroatoms. The van der Waals surface area contributed by atoms with Gasteiger partial charge in [0.15, 0.2) is 0 Å². The highest BCUT2D eigenvalue weighted by molar-refractivity contribution is 5.78. The summed E-state index contributed by atoms with van der Waals surface area (Å²) in [5.74, 6) is -1.31. The molecule has 2 rings (SSSR count). The number of carboxylic acid groups (broad SMARTS) is 2. The number of unbranched alkanes of at least 4 members (excludes halogenated alkanes) is 8. The summed E-state index contributed by atoms with van der Waals surface area (Å²) in [7, 11) is 0. The number of allylic oxidation sites excluding steroid dienone is 4. The molecule has 2 unspecified atom stereocenters.